The van der Waals surface area contributed by atoms with Gasteiger partial charge in [-0.1, -0.05) is 72.4 Å². The van der Waals surface area contributed by atoms with E-state index in [9.17, 15) is 32.8 Å². The molecule has 19 nitrogen and oxygen atoms in total. The molecule has 3 heterocycles. The normalized spacial score (nSPS) is 11.0. The molecule has 0 aliphatic rings. The maximum atomic E-state index is 14.8. The molecule has 73 heavy (non-hydrogen) atoms. The molecule has 9 N–H and O–H groups in total. The number of thioether (sulfide) groups is 1. The fourth-order valence-corrected chi connectivity index (χ4v) is 7.68. The van der Waals surface area contributed by atoms with Gasteiger partial charge in [-0.2, -0.15) is 15.2 Å². The number of aliphatic imine (C=N–C) groups is 1. The first-order valence-corrected chi connectivity index (χ1v) is 23.0. The number of benzene rings is 6. The predicted molar refractivity (Wildman–Crippen MR) is 277 cm³/mol. The summed E-state index contributed by atoms with van der Waals surface area (Å²) in [5, 5.41) is 21.0. The summed E-state index contributed by atoms with van der Waals surface area (Å²) in [7, 11) is 3.67. The lowest BCUT2D eigenvalue weighted by Crippen LogP contribution is -2.28. The van der Waals surface area contributed by atoms with Crippen molar-refractivity contribution in [3.05, 3.63) is 176 Å². The van der Waals surface area contributed by atoms with E-state index in [-0.39, 0.29) is 33.9 Å². The zero-order valence-electron chi connectivity index (χ0n) is 39.3. The van der Waals surface area contributed by atoms with Crippen LogP contribution in [0.3, 0.4) is 0 Å². The molecule has 372 valence electrons. The number of imidazole rings is 1. The molecule has 22 heteroatoms. The highest BCUT2D eigenvalue weighted by Gasteiger charge is 2.15. The Hall–Kier alpha value is -9.44. The number of halogens is 2. The van der Waals surface area contributed by atoms with Crippen LogP contribution in [0.2, 0.25) is 0 Å². The molecule has 0 bridgehead atoms. The number of rotatable bonds is 7. The number of aromatic nitrogens is 6. The van der Waals surface area contributed by atoms with E-state index in [0.29, 0.717) is 74.0 Å². The smallest absolute Gasteiger partial charge is 0.435 e. The maximum Gasteiger partial charge on any atom is 0.435 e. The minimum Gasteiger partial charge on any atom is -0.453 e. The summed E-state index contributed by atoms with van der Waals surface area (Å²) in [5.41, 5.74) is 18.5. The number of anilines is 3. The first-order valence-electron chi connectivity index (χ1n) is 21.7. The second-order valence-electron chi connectivity index (χ2n) is 15.6. The fourth-order valence-electron chi connectivity index (χ4n) is 7.32. The van der Waals surface area contributed by atoms with Gasteiger partial charge in [-0.15, -0.1) is 0 Å². The number of nitrogen functional groups attached to an aromatic ring is 2. The standard InChI is InChI=1S/C24H18FN5O3.C21H17FN4O.C6H10N2O4S/c1-33-24(32)28-23-26-19-9-7-14(12-21(19)27-23)17-10-13(6-8-18(17)25)11-20-15-4-2-3-5-16(15)22(31)30-29-20;22-17-7-5-12(9-16(17)13-6-8-18(23)19(24)11-13)10-20-14-3-1-2-4-15(14)21(27)26-25-20;1-11-5(9)7-4(13-3)8-6(10)12-2/h2-10,12H,11H2,1H3,(H,30,31)(H2,26,27,28,32);1-9,11H,10,23-24H2,(H,26,27);1-3H3,(H,7,8,9,10). The number of nitrogens with zero attached hydrogens (tertiary/aromatic N) is 4. The summed E-state index contributed by atoms with van der Waals surface area (Å²) in [6.07, 6.45) is 0.422. The number of aromatic amines is 3. The van der Waals surface area contributed by atoms with Crippen LogP contribution in [0.15, 0.2) is 136 Å². The van der Waals surface area contributed by atoms with Crippen LogP contribution < -0.4 is 33.2 Å². The van der Waals surface area contributed by atoms with Gasteiger partial charge >= 0.3 is 18.3 Å². The van der Waals surface area contributed by atoms with Crippen LogP contribution >= 0.6 is 11.8 Å². The number of alkyl carbamates (subject to hydrolysis) is 1. The van der Waals surface area contributed by atoms with Crippen molar-refractivity contribution in [3.8, 4) is 22.3 Å². The molecule has 0 saturated carbocycles. The van der Waals surface area contributed by atoms with E-state index in [4.69, 9.17) is 11.5 Å². The second-order valence-corrected chi connectivity index (χ2v) is 16.4. The number of hydrogen-bond donors (Lipinski definition) is 7. The second kappa shape index (κ2) is 23.4. The Labute approximate surface area is 417 Å². The number of carbonyl (C=O) groups is 3. The molecule has 3 aromatic heterocycles. The molecule has 6 aromatic carbocycles. The molecular formula is C51H45F2N11O8S. The number of amides is 3. The monoisotopic (exact) mass is 1010 g/mol. The Balaban J connectivity index is 0.000000175. The van der Waals surface area contributed by atoms with Gasteiger partial charge in [0.25, 0.3) is 11.1 Å². The summed E-state index contributed by atoms with van der Waals surface area (Å²) < 4.78 is 42.3. The van der Waals surface area contributed by atoms with Gasteiger partial charge in [0.2, 0.25) is 5.95 Å². The van der Waals surface area contributed by atoms with E-state index in [1.54, 1.807) is 85.1 Å². The minimum atomic E-state index is -0.777. The number of ether oxygens (including phenoxy) is 3. The molecule has 0 atom stereocenters. The molecule has 0 aliphatic heterocycles. The average molecular weight is 1010 g/mol. The van der Waals surface area contributed by atoms with Gasteiger partial charge in [0.15, 0.2) is 5.17 Å². The highest BCUT2D eigenvalue weighted by atomic mass is 32.2. The van der Waals surface area contributed by atoms with E-state index in [1.807, 2.05) is 30.3 Å². The van der Waals surface area contributed by atoms with Crippen LogP contribution in [-0.4, -0.2) is 81.4 Å². The number of nitrogens with two attached hydrogens (primary N) is 2. The van der Waals surface area contributed by atoms with Gasteiger partial charge in [-0.05, 0) is 89.2 Å². The topological polar surface area (TPSA) is 288 Å². The third kappa shape index (κ3) is 12.7. The minimum absolute atomic E-state index is 0.124. The molecule has 0 aliphatic carbocycles. The lowest BCUT2D eigenvalue weighted by Gasteiger charge is -2.10. The predicted octanol–water partition coefficient (Wildman–Crippen LogP) is 8.69. The summed E-state index contributed by atoms with van der Waals surface area (Å²) in [5.74, 6) is -0.480. The Kier molecular flexibility index (Phi) is 16.5. The molecule has 0 radical (unpaired) electrons. The molecule has 3 amide bonds. The van der Waals surface area contributed by atoms with Crippen LogP contribution in [0.1, 0.15) is 22.5 Å². The molecular weight excluding hydrogens is 965 g/mol. The SMILES string of the molecule is COC(=O)N=C(NC(=O)OC)SC.COC(=O)Nc1nc2ccc(-c3cc(Cc4n[nH]c(=O)c5ccccc45)ccc3F)cc2[nH]1.Nc1ccc(-c2cc(Cc3n[nH]c(=O)c4ccccc34)ccc2F)cc1N. The van der Waals surface area contributed by atoms with Crippen molar-refractivity contribution in [3.63, 3.8) is 0 Å². The summed E-state index contributed by atoms with van der Waals surface area (Å²) in [4.78, 5) is 67.4. The van der Waals surface area contributed by atoms with Gasteiger partial charge in [0.1, 0.15) is 11.6 Å². The largest absolute Gasteiger partial charge is 0.453 e. The number of amidine groups is 1. The van der Waals surface area contributed by atoms with Crippen LogP contribution in [0, 0.1) is 11.6 Å². The van der Waals surface area contributed by atoms with E-state index in [0.717, 1.165) is 39.4 Å². The first-order chi connectivity index (χ1) is 35.2. The number of nitrogens with one attached hydrogen (secondary N) is 5. The highest BCUT2D eigenvalue weighted by Crippen LogP contribution is 2.31. The number of methoxy groups -OCH3 is 3. The van der Waals surface area contributed by atoms with Crippen molar-refractivity contribution in [1.29, 1.82) is 0 Å². The number of H-pyrrole nitrogens is 3. The molecule has 9 aromatic rings. The maximum absolute atomic E-state index is 14.8. The summed E-state index contributed by atoms with van der Waals surface area (Å²) >= 11 is 1.09. The number of fused-ring (bicyclic) bond motifs is 3. The first kappa shape index (κ1) is 51.4. The van der Waals surface area contributed by atoms with Crippen LogP contribution in [0.5, 0.6) is 0 Å². The van der Waals surface area contributed by atoms with Gasteiger partial charge in [-0.25, -0.2) is 38.3 Å². The Morgan fingerprint density at radius 3 is 1.67 bits per heavy atom. The highest BCUT2D eigenvalue weighted by molar-refractivity contribution is 8.13. The van der Waals surface area contributed by atoms with Crippen LogP contribution in [0.25, 0.3) is 54.8 Å². The fraction of sp³-hybridized carbons (Fsp3) is 0.118. The van der Waals surface area contributed by atoms with Crippen LogP contribution in [-0.2, 0) is 27.1 Å². The van der Waals surface area contributed by atoms with Crippen molar-refractivity contribution in [2.24, 2.45) is 4.99 Å². The molecule has 0 fully saturated rings. The van der Waals surface area contributed by atoms with E-state index in [2.05, 4.69) is 60.2 Å². The molecule has 0 unspecified atom stereocenters. The zero-order valence-corrected chi connectivity index (χ0v) is 40.2. The van der Waals surface area contributed by atoms with E-state index >= 15 is 0 Å². The van der Waals surface area contributed by atoms with Gasteiger partial charge in [-0.3, -0.25) is 20.2 Å². The summed E-state index contributed by atoms with van der Waals surface area (Å²) in [6.45, 7) is 0. The quantitative estimate of drug-likeness (QED) is 0.0340. The molecule has 9 rings (SSSR count). The Morgan fingerprint density at radius 2 is 1.16 bits per heavy atom. The van der Waals surface area contributed by atoms with E-state index < -0.39 is 18.3 Å². The third-order valence-electron chi connectivity index (χ3n) is 10.9. The lowest BCUT2D eigenvalue weighted by atomic mass is 9.98. The Morgan fingerprint density at radius 1 is 0.644 bits per heavy atom. The van der Waals surface area contributed by atoms with Gasteiger partial charge < -0.3 is 30.7 Å². The number of hydrogen-bond acceptors (Lipinski definition) is 14. The van der Waals surface area contributed by atoms with Crippen molar-refractivity contribution < 1.29 is 37.4 Å². The summed E-state index contributed by atoms with van der Waals surface area (Å²) in [6, 6.07) is 34.6. The zero-order chi connectivity index (χ0) is 52.2. The van der Waals surface area contributed by atoms with Gasteiger partial charge in [0.05, 0.1) is 65.9 Å². The third-order valence-corrected chi connectivity index (χ3v) is 11.5. The molecule has 0 spiro atoms. The molecule has 0 saturated heterocycles. The van der Waals surface area contributed by atoms with Crippen molar-refractivity contribution >= 4 is 85.1 Å². The Bertz CT molecular complexity index is 3680. The lowest BCUT2D eigenvalue weighted by molar-refractivity contribution is 0.176. The van der Waals surface area contributed by atoms with Gasteiger partial charge in [0, 0.05) is 34.7 Å². The number of carbonyl (C=O) groups excluding carboxylic acids is 3. The van der Waals surface area contributed by atoms with E-state index in [1.165, 1.54) is 33.5 Å². The van der Waals surface area contributed by atoms with Crippen molar-refractivity contribution in [2.45, 2.75) is 12.8 Å². The van der Waals surface area contributed by atoms with Crippen LogP contribution in [0.4, 0.5) is 40.5 Å². The van der Waals surface area contributed by atoms with Crippen molar-refractivity contribution in [2.75, 3.05) is 44.4 Å². The van der Waals surface area contributed by atoms with Crippen molar-refractivity contribution in [1.82, 2.24) is 35.7 Å². The average Bonchev–Trinajstić information content (AvgIpc) is 3.81.